The summed E-state index contributed by atoms with van der Waals surface area (Å²) in [7, 11) is 0. The number of benzene rings is 2. The largest absolute Gasteiger partial charge is 0.369 e. The first-order valence-corrected chi connectivity index (χ1v) is 9.86. The zero-order valence-corrected chi connectivity index (χ0v) is 16.8. The summed E-state index contributed by atoms with van der Waals surface area (Å²) in [6.45, 7) is 2.02. The van der Waals surface area contributed by atoms with Crippen LogP contribution in [-0.4, -0.2) is 35.4 Å². The lowest BCUT2D eigenvalue weighted by Crippen LogP contribution is -2.14. The fraction of sp³-hybridized carbons (Fsp3) is 0.136. The summed E-state index contributed by atoms with van der Waals surface area (Å²) < 4.78 is 2.09. The van der Waals surface area contributed by atoms with E-state index in [1.165, 1.54) is 6.33 Å². The summed E-state index contributed by atoms with van der Waals surface area (Å²) in [5.41, 5.74) is 10.3. The Kier molecular flexibility index (Phi) is 4.55. The number of amides is 1. The predicted octanol–water partition coefficient (Wildman–Crippen LogP) is 2.89. The van der Waals surface area contributed by atoms with Gasteiger partial charge in [0.2, 0.25) is 5.91 Å². The molecule has 0 saturated carbocycles. The van der Waals surface area contributed by atoms with Crippen molar-refractivity contribution in [3.05, 3.63) is 72.6 Å². The second kappa shape index (κ2) is 7.52. The quantitative estimate of drug-likeness (QED) is 0.393. The van der Waals surface area contributed by atoms with Crippen LogP contribution in [0.1, 0.15) is 24.4 Å². The average Bonchev–Trinajstić information content (AvgIpc) is 3.39. The van der Waals surface area contributed by atoms with Gasteiger partial charge in [0.25, 0.3) is 0 Å². The van der Waals surface area contributed by atoms with Gasteiger partial charge in [-0.05, 0) is 36.8 Å². The minimum Gasteiger partial charge on any atom is -0.369 e. The highest BCUT2D eigenvalue weighted by Gasteiger charge is 2.20. The molecule has 4 N–H and O–H groups in total. The van der Waals surface area contributed by atoms with Gasteiger partial charge in [0, 0.05) is 5.69 Å². The first-order chi connectivity index (χ1) is 15.1. The third kappa shape index (κ3) is 3.46. The molecule has 0 radical (unpaired) electrons. The third-order valence-corrected chi connectivity index (χ3v) is 5.10. The smallest absolute Gasteiger partial charge is 0.221 e. The molecule has 1 atom stereocenters. The molecule has 5 aromatic rings. The van der Waals surface area contributed by atoms with E-state index in [4.69, 9.17) is 10.7 Å². The monoisotopic (exact) mass is 412 g/mol. The highest BCUT2D eigenvalue weighted by atomic mass is 16.1. The van der Waals surface area contributed by atoms with E-state index in [-0.39, 0.29) is 18.4 Å². The zero-order chi connectivity index (χ0) is 21.4. The number of primary amides is 1. The number of para-hydroxylation sites is 1. The Morgan fingerprint density at radius 2 is 2.00 bits per heavy atom. The van der Waals surface area contributed by atoms with E-state index in [0.717, 1.165) is 33.6 Å². The van der Waals surface area contributed by atoms with E-state index in [2.05, 4.69) is 29.8 Å². The Morgan fingerprint density at radius 1 is 1.16 bits per heavy atom. The minimum absolute atomic E-state index is 0.178. The second-order valence-electron chi connectivity index (χ2n) is 7.30. The summed E-state index contributed by atoms with van der Waals surface area (Å²) in [4.78, 5) is 32.1. The van der Waals surface area contributed by atoms with Gasteiger partial charge in [-0.15, -0.1) is 0 Å². The molecule has 1 amide bonds. The van der Waals surface area contributed by atoms with Crippen LogP contribution in [-0.2, 0) is 11.2 Å². The number of H-pyrrole nitrogens is 1. The second-order valence-corrected chi connectivity index (χ2v) is 7.30. The van der Waals surface area contributed by atoms with E-state index >= 15 is 0 Å². The Balaban J connectivity index is 1.63. The average molecular weight is 412 g/mol. The lowest BCUT2D eigenvalue weighted by molar-refractivity contribution is -0.117. The molecule has 31 heavy (non-hydrogen) atoms. The first kappa shape index (κ1) is 18.7. The molecule has 2 aromatic carbocycles. The number of imidazole rings is 2. The van der Waals surface area contributed by atoms with Gasteiger partial charge in [-0.1, -0.05) is 24.3 Å². The molecule has 0 spiro atoms. The molecule has 9 heteroatoms. The number of rotatable bonds is 6. The van der Waals surface area contributed by atoms with Crippen LogP contribution in [0.2, 0.25) is 0 Å². The number of aromatic amines is 1. The molecule has 3 aromatic heterocycles. The fourth-order valence-corrected chi connectivity index (χ4v) is 3.73. The Labute approximate surface area is 177 Å². The van der Waals surface area contributed by atoms with Gasteiger partial charge in [0.1, 0.15) is 17.7 Å². The Morgan fingerprint density at radius 3 is 2.81 bits per heavy atom. The Bertz CT molecular complexity index is 1390. The van der Waals surface area contributed by atoms with Gasteiger partial charge >= 0.3 is 0 Å². The van der Waals surface area contributed by atoms with Crippen molar-refractivity contribution >= 4 is 33.9 Å². The molecule has 0 fully saturated rings. The number of hydrogen-bond donors (Lipinski definition) is 3. The summed E-state index contributed by atoms with van der Waals surface area (Å²) in [5, 5.41) is 3.43. The molecule has 0 aliphatic rings. The van der Waals surface area contributed by atoms with Crippen LogP contribution in [0.15, 0.2) is 61.2 Å². The normalized spacial score (nSPS) is 12.3. The lowest BCUT2D eigenvalue weighted by atomic mass is 10.1. The minimum atomic E-state index is -0.368. The van der Waals surface area contributed by atoms with Crippen LogP contribution >= 0.6 is 0 Å². The number of fused-ring (bicyclic) bond motifs is 2. The number of hydrogen-bond acceptors (Lipinski definition) is 6. The maximum Gasteiger partial charge on any atom is 0.221 e. The lowest BCUT2D eigenvalue weighted by Gasteiger charge is -2.17. The van der Waals surface area contributed by atoms with Crippen LogP contribution < -0.4 is 11.1 Å². The highest BCUT2D eigenvalue weighted by Crippen LogP contribution is 2.29. The van der Waals surface area contributed by atoms with Gasteiger partial charge in [0.15, 0.2) is 11.5 Å². The van der Waals surface area contributed by atoms with E-state index in [9.17, 15) is 4.79 Å². The Hall–Kier alpha value is -4.27. The number of carbonyl (C=O) groups is 1. The van der Waals surface area contributed by atoms with E-state index in [1.54, 1.807) is 6.33 Å². The highest BCUT2D eigenvalue weighted by molar-refractivity contribution is 5.84. The van der Waals surface area contributed by atoms with Crippen LogP contribution in [0.3, 0.4) is 0 Å². The molecule has 0 bridgehead atoms. The van der Waals surface area contributed by atoms with Crippen LogP contribution in [0.5, 0.6) is 0 Å². The molecule has 3 heterocycles. The van der Waals surface area contributed by atoms with Crippen molar-refractivity contribution in [2.75, 3.05) is 5.32 Å². The summed E-state index contributed by atoms with van der Waals surface area (Å²) in [6.07, 6.45) is 3.25. The summed E-state index contributed by atoms with van der Waals surface area (Å²) >= 11 is 0. The predicted molar refractivity (Wildman–Crippen MR) is 118 cm³/mol. The molecule has 0 aliphatic carbocycles. The van der Waals surface area contributed by atoms with E-state index in [0.29, 0.717) is 11.5 Å². The van der Waals surface area contributed by atoms with Crippen molar-refractivity contribution in [3.63, 3.8) is 0 Å². The van der Waals surface area contributed by atoms with Gasteiger partial charge in [-0.3, -0.25) is 9.36 Å². The summed E-state index contributed by atoms with van der Waals surface area (Å²) in [5.74, 6) is 1.09. The van der Waals surface area contributed by atoms with Gasteiger partial charge in [0.05, 0.1) is 29.8 Å². The van der Waals surface area contributed by atoms with Crippen molar-refractivity contribution in [3.8, 4) is 5.69 Å². The first-order valence-electron chi connectivity index (χ1n) is 9.86. The van der Waals surface area contributed by atoms with Crippen molar-refractivity contribution in [2.45, 2.75) is 19.4 Å². The van der Waals surface area contributed by atoms with E-state index in [1.807, 2.05) is 55.5 Å². The third-order valence-electron chi connectivity index (χ3n) is 5.10. The van der Waals surface area contributed by atoms with Crippen molar-refractivity contribution in [1.29, 1.82) is 0 Å². The molecular formula is C22H20N8O. The number of nitrogens with zero attached hydrogens (tertiary/aromatic N) is 5. The molecule has 0 aliphatic heterocycles. The van der Waals surface area contributed by atoms with Gasteiger partial charge in [-0.25, -0.2) is 19.9 Å². The molecule has 0 unspecified atom stereocenters. The van der Waals surface area contributed by atoms with Crippen molar-refractivity contribution < 1.29 is 4.79 Å². The maximum absolute atomic E-state index is 11.4. The molecule has 9 nitrogen and oxygen atoms in total. The molecule has 5 rings (SSSR count). The van der Waals surface area contributed by atoms with Gasteiger partial charge < -0.3 is 16.0 Å². The number of nitrogens with one attached hydrogen (secondary N) is 2. The van der Waals surface area contributed by atoms with Crippen LogP contribution in [0, 0.1) is 0 Å². The van der Waals surface area contributed by atoms with Crippen molar-refractivity contribution in [1.82, 2.24) is 29.5 Å². The number of nitrogens with two attached hydrogens (primary N) is 1. The molecular weight excluding hydrogens is 392 g/mol. The zero-order valence-electron chi connectivity index (χ0n) is 16.8. The number of anilines is 1. The van der Waals surface area contributed by atoms with Crippen LogP contribution in [0.25, 0.3) is 27.9 Å². The molecule has 154 valence electrons. The molecule has 0 saturated heterocycles. The topological polar surface area (TPSA) is 127 Å². The maximum atomic E-state index is 11.4. The SMILES string of the molecule is C[C@H](Nc1ncnc2nc[nH]c12)c1nc2ccc(CC(N)=O)cc2n1-c1ccccc1. The summed E-state index contributed by atoms with van der Waals surface area (Å²) in [6, 6.07) is 15.6. The standard InChI is InChI=1S/C22H20N8O/c1-13(28-21-19-20(25-11-24-19)26-12-27-21)22-29-16-8-7-14(10-18(23)31)9-17(16)30(22)15-5-3-2-4-6-15/h2-9,11-13H,10H2,1H3,(H2,23,31)(H2,24,25,26,27,28)/t13-/m0/s1. The fourth-order valence-electron chi connectivity index (χ4n) is 3.73. The van der Waals surface area contributed by atoms with E-state index < -0.39 is 0 Å². The number of aromatic nitrogens is 6. The van der Waals surface area contributed by atoms with Crippen LogP contribution in [0.4, 0.5) is 5.82 Å². The number of carbonyl (C=O) groups excluding carboxylic acids is 1. The van der Waals surface area contributed by atoms with Crippen molar-refractivity contribution in [2.24, 2.45) is 5.73 Å². The van der Waals surface area contributed by atoms with Gasteiger partial charge in [-0.2, -0.15) is 0 Å².